The zero-order valence-electron chi connectivity index (χ0n) is 5.58. The summed E-state index contributed by atoms with van der Waals surface area (Å²) in [5.41, 5.74) is 0. The highest BCUT2D eigenvalue weighted by molar-refractivity contribution is 5.46. The lowest BCUT2D eigenvalue weighted by Crippen LogP contribution is -2.16. The highest BCUT2D eigenvalue weighted by atomic mass is 16.1. The molecule has 1 N–H and O–H groups in total. The Labute approximate surface area is 59.7 Å². The summed E-state index contributed by atoms with van der Waals surface area (Å²) >= 11 is 0. The number of nitrogens with zero attached hydrogens (tertiary/aromatic N) is 1. The lowest BCUT2D eigenvalue weighted by molar-refractivity contribution is 0.536. The second kappa shape index (κ2) is 3.71. The normalized spacial score (nSPS) is 9.20. The molecule has 0 aliphatic heterocycles. The van der Waals surface area contributed by atoms with Crippen molar-refractivity contribution in [2.45, 2.75) is 6.54 Å². The first-order chi connectivity index (χ1) is 4.93. The molecular weight excluding hydrogens is 128 g/mol. The van der Waals surface area contributed by atoms with E-state index in [4.69, 9.17) is 0 Å². The standard InChI is InChI=1S/C7H9N2O/c10-7-8-3-6-9-4-1-2-5-9/h1-2,4-5H,3,6H2,(H,8,10). The third-order valence-electron chi connectivity index (χ3n) is 1.23. The van der Waals surface area contributed by atoms with Gasteiger partial charge in [0.15, 0.2) is 0 Å². The maximum Gasteiger partial charge on any atom is 0.309 e. The molecule has 10 heavy (non-hydrogen) atoms. The fraction of sp³-hybridized carbons (Fsp3) is 0.286. The molecule has 0 atom stereocenters. The third kappa shape index (κ3) is 1.93. The molecule has 1 amide bonds. The Hall–Kier alpha value is -1.25. The van der Waals surface area contributed by atoms with E-state index in [1.807, 2.05) is 29.1 Å². The van der Waals surface area contributed by atoms with E-state index in [1.165, 1.54) is 0 Å². The molecular formula is C7H9N2O. The molecule has 0 aliphatic rings. The SMILES string of the molecule is O=[C]NCCn1cccc1. The highest BCUT2D eigenvalue weighted by Crippen LogP contribution is 1.87. The Balaban J connectivity index is 2.21. The van der Waals surface area contributed by atoms with E-state index in [0.717, 1.165) is 6.54 Å². The van der Waals surface area contributed by atoms with Crippen LogP contribution >= 0.6 is 0 Å². The maximum absolute atomic E-state index is 9.69. The van der Waals surface area contributed by atoms with Crippen LogP contribution in [-0.2, 0) is 11.3 Å². The number of nitrogens with one attached hydrogen (secondary N) is 1. The van der Waals surface area contributed by atoms with Gasteiger partial charge in [0.2, 0.25) is 0 Å². The van der Waals surface area contributed by atoms with Gasteiger partial charge in [0, 0.05) is 25.5 Å². The van der Waals surface area contributed by atoms with E-state index in [0.29, 0.717) is 6.54 Å². The van der Waals surface area contributed by atoms with Crippen molar-refractivity contribution >= 4 is 6.41 Å². The van der Waals surface area contributed by atoms with Crippen molar-refractivity contribution < 1.29 is 4.79 Å². The van der Waals surface area contributed by atoms with Crippen molar-refractivity contribution in [2.24, 2.45) is 0 Å². The molecule has 1 radical (unpaired) electrons. The van der Waals surface area contributed by atoms with Gasteiger partial charge in [-0.25, -0.2) is 0 Å². The molecule has 0 aliphatic carbocycles. The number of amides is 1. The van der Waals surface area contributed by atoms with Crippen LogP contribution in [0.25, 0.3) is 0 Å². The number of rotatable bonds is 4. The number of aromatic nitrogens is 1. The van der Waals surface area contributed by atoms with Crippen LogP contribution in [0.15, 0.2) is 24.5 Å². The summed E-state index contributed by atoms with van der Waals surface area (Å²) < 4.78 is 1.99. The summed E-state index contributed by atoms with van der Waals surface area (Å²) in [5.74, 6) is 0. The van der Waals surface area contributed by atoms with Crippen molar-refractivity contribution in [3.63, 3.8) is 0 Å². The summed E-state index contributed by atoms with van der Waals surface area (Å²) in [4.78, 5) is 9.69. The highest BCUT2D eigenvalue weighted by Gasteiger charge is 1.85. The van der Waals surface area contributed by atoms with Crippen LogP contribution in [0.5, 0.6) is 0 Å². The Morgan fingerprint density at radius 2 is 2.10 bits per heavy atom. The zero-order valence-corrected chi connectivity index (χ0v) is 5.58. The van der Waals surface area contributed by atoms with Crippen LogP contribution in [0.3, 0.4) is 0 Å². The van der Waals surface area contributed by atoms with E-state index >= 15 is 0 Å². The molecule has 53 valence electrons. The van der Waals surface area contributed by atoms with Crippen LogP contribution in [-0.4, -0.2) is 17.5 Å². The monoisotopic (exact) mass is 137 g/mol. The molecule has 1 heterocycles. The second-order valence-corrected chi connectivity index (χ2v) is 1.95. The minimum atomic E-state index is 0.637. The van der Waals surface area contributed by atoms with Gasteiger partial charge in [-0.1, -0.05) is 0 Å². The minimum Gasteiger partial charge on any atom is -0.353 e. The molecule has 1 rings (SSSR count). The first kappa shape index (κ1) is 6.86. The predicted molar refractivity (Wildman–Crippen MR) is 38.1 cm³/mol. The van der Waals surface area contributed by atoms with Crippen LogP contribution in [0.4, 0.5) is 0 Å². The van der Waals surface area contributed by atoms with Crippen molar-refractivity contribution in [3.8, 4) is 0 Å². The molecule has 1 aromatic rings. The van der Waals surface area contributed by atoms with Crippen LogP contribution in [0.1, 0.15) is 0 Å². The Morgan fingerprint density at radius 1 is 1.40 bits per heavy atom. The summed E-state index contributed by atoms with van der Waals surface area (Å²) in [5, 5.41) is 2.46. The number of hydrogen-bond acceptors (Lipinski definition) is 1. The van der Waals surface area contributed by atoms with Crippen molar-refractivity contribution in [1.82, 2.24) is 9.88 Å². The lowest BCUT2D eigenvalue weighted by Gasteiger charge is -1.98. The third-order valence-corrected chi connectivity index (χ3v) is 1.23. The Morgan fingerprint density at radius 3 is 2.70 bits per heavy atom. The molecule has 0 spiro atoms. The number of hydrogen-bond donors (Lipinski definition) is 1. The molecule has 3 nitrogen and oxygen atoms in total. The van der Waals surface area contributed by atoms with Crippen LogP contribution in [0, 0.1) is 0 Å². The lowest BCUT2D eigenvalue weighted by atomic mass is 10.6. The van der Waals surface area contributed by atoms with E-state index in [2.05, 4.69) is 5.32 Å². The summed E-state index contributed by atoms with van der Waals surface area (Å²) in [7, 11) is 0. The van der Waals surface area contributed by atoms with Gasteiger partial charge in [-0.05, 0) is 12.1 Å². The van der Waals surface area contributed by atoms with Gasteiger partial charge in [0.05, 0.1) is 0 Å². The van der Waals surface area contributed by atoms with Gasteiger partial charge in [0.25, 0.3) is 0 Å². The van der Waals surface area contributed by atoms with E-state index in [1.54, 1.807) is 6.41 Å². The Kier molecular flexibility index (Phi) is 2.55. The molecule has 0 bridgehead atoms. The largest absolute Gasteiger partial charge is 0.353 e. The molecule has 0 saturated carbocycles. The molecule has 3 heteroatoms. The van der Waals surface area contributed by atoms with Crippen molar-refractivity contribution in [3.05, 3.63) is 24.5 Å². The molecule has 0 unspecified atom stereocenters. The first-order valence-electron chi connectivity index (χ1n) is 3.14. The van der Waals surface area contributed by atoms with Gasteiger partial charge in [-0.2, -0.15) is 0 Å². The summed E-state index contributed by atoms with van der Waals surface area (Å²) in [6.45, 7) is 1.44. The molecule has 1 aromatic heterocycles. The van der Waals surface area contributed by atoms with E-state index < -0.39 is 0 Å². The van der Waals surface area contributed by atoms with Gasteiger partial charge >= 0.3 is 6.41 Å². The topological polar surface area (TPSA) is 34.0 Å². The van der Waals surface area contributed by atoms with Crippen molar-refractivity contribution in [1.29, 1.82) is 0 Å². The van der Waals surface area contributed by atoms with Gasteiger partial charge in [-0.3, -0.25) is 4.79 Å². The van der Waals surface area contributed by atoms with Crippen LogP contribution in [0.2, 0.25) is 0 Å². The van der Waals surface area contributed by atoms with Crippen molar-refractivity contribution in [2.75, 3.05) is 6.54 Å². The fourth-order valence-electron chi connectivity index (χ4n) is 0.755. The first-order valence-corrected chi connectivity index (χ1v) is 3.14. The second-order valence-electron chi connectivity index (χ2n) is 1.95. The zero-order chi connectivity index (χ0) is 7.23. The summed E-state index contributed by atoms with van der Waals surface area (Å²) in [6, 6.07) is 3.90. The Bertz CT molecular complexity index is 181. The van der Waals surface area contributed by atoms with Gasteiger partial charge in [0.1, 0.15) is 0 Å². The average molecular weight is 137 g/mol. The smallest absolute Gasteiger partial charge is 0.309 e. The predicted octanol–water partition coefficient (Wildman–Crippen LogP) is 0.145. The van der Waals surface area contributed by atoms with Crippen LogP contribution < -0.4 is 5.32 Å². The number of carbonyl (C=O) groups excluding carboxylic acids is 1. The minimum absolute atomic E-state index is 0.637. The fourth-order valence-corrected chi connectivity index (χ4v) is 0.755. The van der Waals surface area contributed by atoms with E-state index in [9.17, 15) is 4.79 Å². The molecule has 0 saturated heterocycles. The quantitative estimate of drug-likeness (QED) is 0.465. The summed E-state index contributed by atoms with van der Waals surface area (Å²) in [6.07, 6.45) is 5.52. The average Bonchev–Trinajstić information content (AvgIpc) is 2.41. The van der Waals surface area contributed by atoms with E-state index in [-0.39, 0.29) is 0 Å². The maximum atomic E-state index is 9.69. The molecule has 0 aromatic carbocycles. The van der Waals surface area contributed by atoms with Gasteiger partial charge < -0.3 is 9.88 Å². The van der Waals surface area contributed by atoms with Gasteiger partial charge in [-0.15, -0.1) is 0 Å². The molecule has 0 fully saturated rings.